The van der Waals surface area contributed by atoms with Gasteiger partial charge in [-0.25, -0.2) is 0 Å². The number of nitrogens with zero attached hydrogens (tertiary/aromatic N) is 1. The van der Waals surface area contributed by atoms with Crippen LogP contribution in [0.3, 0.4) is 0 Å². The van der Waals surface area contributed by atoms with E-state index in [1.807, 2.05) is 24.9 Å². The lowest BCUT2D eigenvalue weighted by atomic mass is 10.2. The number of thiophene rings is 1. The monoisotopic (exact) mass is 330 g/mol. The lowest BCUT2D eigenvalue weighted by Gasteiger charge is -2.38. The molecule has 0 radical (unpaired) electrons. The van der Waals surface area contributed by atoms with Gasteiger partial charge in [-0.05, 0) is 20.1 Å². The largest absolute Gasteiger partial charge is 0.396 e. The zero-order valence-corrected chi connectivity index (χ0v) is 14.9. The van der Waals surface area contributed by atoms with Crippen molar-refractivity contribution >= 4 is 51.3 Å². The summed E-state index contributed by atoms with van der Waals surface area (Å²) in [6.45, 7) is 8.47. The third-order valence-electron chi connectivity index (χ3n) is 3.37. The fraction of sp³-hybridized carbons (Fsp3) is 0.643. The second-order valence-electron chi connectivity index (χ2n) is 5.49. The highest BCUT2D eigenvalue weighted by Crippen LogP contribution is 2.46. The van der Waals surface area contributed by atoms with E-state index in [2.05, 4.69) is 18.7 Å². The van der Waals surface area contributed by atoms with Crippen molar-refractivity contribution in [1.82, 2.24) is 0 Å². The number of thioether (sulfide) groups is 2. The molecule has 1 aromatic heterocycles. The fourth-order valence-corrected chi connectivity index (χ4v) is 5.71. The normalized spacial score (nSPS) is 18.3. The van der Waals surface area contributed by atoms with E-state index in [0.717, 1.165) is 28.6 Å². The summed E-state index contributed by atoms with van der Waals surface area (Å²) in [5.74, 6) is 1.27. The average molecular weight is 331 g/mol. The van der Waals surface area contributed by atoms with Crippen LogP contribution in [0.4, 0.5) is 10.7 Å². The molecule has 2 heterocycles. The van der Waals surface area contributed by atoms with Crippen LogP contribution in [-0.2, 0) is 0 Å². The second kappa shape index (κ2) is 6.20. The Labute approximate surface area is 133 Å². The van der Waals surface area contributed by atoms with Crippen LogP contribution in [0, 0.1) is 0 Å². The van der Waals surface area contributed by atoms with Gasteiger partial charge in [0.05, 0.1) is 15.5 Å². The van der Waals surface area contributed by atoms with E-state index in [-0.39, 0.29) is 10.5 Å². The number of nitrogens with two attached hydrogens (primary N) is 1. The molecule has 0 aliphatic carbocycles. The Morgan fingerprint density at radius 1 is 1.50 bits per heavy atom. The topological polar surface area (TPSA) is 46.3 Å². The molecule has 0 unspecified atom stereocenters. The minimum absolute atomic E-state index is 0.152. The van der Waals surface area contributed by atoms with Crippen molar-refractivity contribution in [3.63, 3.8) is 0 Å². The van der Waals surface area contributed by atoms with E-state index < -0.39 is 0 Å². The van der Waals surface area contributed by atoms with Crippen molar-refractivity contribution in [2.24, 2.45) is 0 Å². The molecule has 1 aromatic rings. The lowest BCUT2D eigenvalue weighted by Crippen LogP contribution is -2.43. The van der Waals surface area contributed by atoms with Crippen LogP contribution < -0.4 is 10.6 Å². The number of carbonyl (C=O) groups is 1. The maximum Gasteiger partial charge on any atom is 0.174 e. The summed E-state index contributed by atoms with van der Waals surface area (Å²) < 4.78 is 0.252. The molecule has 0 saturated carbocycles. The van der Waals surface area contributed by atoms with Crippen LogP contribution in [0.25, 0.3) is 0 Å². The first kappa shape index (κ1) is 16.0. The van der Waals surface area contributed by atoms with Crippen LogP contribution in [0.5, 0.6) is 0 Å². The number of Topliss-reactive ketones (excluding diaryl/α,β-unsaturated/α-hetero) is 1. The number of ketones is 1. The zero-order chi connectivity index (χ0) is 14.9. The molecule has 1 saturated heterocycles. The molecular formula is C14H22N2OS3. The van der Waals surface area contributed by atoms with Gasteiger partial charge in [0.25, 0.3) is 0 Å². The minimum Gasteiger partial charge on any atom is -0.396 e. The van der Waals surface area contributed by atoms with Gasteiger partial charge in [-0.15, -0.1) is 23.1 Å². The predicted octanol–water partition coefficient (Wildman–Crippen LogP) is 3.98. The van der Waals surface area contributed by atoms with Crippen LogP contribution in [0.1, 0.15) is 36.9 Å². The van der Waals surface area contributed by atoms with E-state index in [1.165, 1.54) is 5.00 Å². The third-order valence-corrected chi connectivity index (χ3v) is 6.93. The summed E-state index contributed by atoms with van der Waals surface area (Å²) in [5.41, 5.74) is 6.88. The van der Waals surface area contributed by atoms with Crippen LogP contribution in [0.15, 0.2) is 4.90 Å². The first-order chi connectivity index (χ1) is 9.39. The van der Waals surface area contributed by atoms with Crippen LogP contribution in [0.2, 0.25) is 0 Å². The molecule has 2 rings (SSSR count). The van der Waals surface area contributed by atoms with Crippen molar-refractivity contribution in [3.8, 4) is 0 Å². The van der Waals surface area contributed by atoms with Gasteiger partial charge in [0.1, 0.15) is 5.00 Å². The molecule has 0 spiro atoms. The van der Waals surface area contributed by atoms with Gasteiger partial charge in [-0.1, -0.05) is 6.92 Å². The fourth-order valence-electron chi connectivity index (χ4n) is 2.38. The van der Waals surface area contributed by atoms with E-state index in [4.69, 9.17) is 5.73 Å². The number of anilines is 2. The second-order valence-corrected chi connectivity index (χ2v) is 9.11. The molecule has 112 valence electrons. The Hall–Kier alpha value is -0.330. The third kappa shape index (κ3) is 3.12. The molecule has 0 aromatic carbocycles. The molecule has 0 amide bonds. The molecule has 1 aliphatic heterocycles. The molecule has 1 fully saturated rings. The van der Waals surface area contributed by atoms with Gasteiger partial charge in [0.2, 0.25) is 0 Å². The van der Waals surface area contributed by atoms with E-state index >= 15 is 0 Å². The molecule has 6 heteroatoms. The number of nitrogen functional groups attached to an aromatic ring is 1. The number of rotatable bonds is 4. The van der Waals surface area contributed by atoms with E-state index in [9.17, 15) is 4.79 Å². The SMILES string of the molecule is CCC(=O)c1sc(N2CCSC(C)(C)C2)c(SC)c1N. The summed E-state index contributed by atoms with van der Waals surface area (Å²) in [4.78, 5) is 16.2. The highest BCUT2D eigenvalue weighted by molar-refractivity contribution is 8.00. The summed E-state index contributed by atoms with van der Waals surface area (Å²) >= 11 is 5.23. The van der Waals surface area contributed by atoms with Gasteiger partial charge < -0.3 is 10.6 Å². The zero-order valence-electron chi connectivity index (χ0n) is 12.5. The minimum atomic E-state index is 0.152. The van der Waals surface area contributed by atoms with Crippen molar-refractivity contribution < 1.29 is 4.79 Å². The maximum atomic E-state index is 12.0. The van der Waals surface area contributed by atoms with Crippen molar-refractivity contribution in [3.05, 3.63) is 4.88 Å². The lowest BCUT2D eigenvalue weighted by molar-refractivity contribution is 0.0992. The average Bonchev–Trinajstić information content (AvgIpc) is 2.73. The van der Waals surface area contributed by atoms with Gasteiger partial charge in [-0.2, -0.15) is 11.8 Å². The Morgan fingerprint density at radius 3 is 2.75 bits per heavy atom. The summed E-state index contributed by atoms with van der Waals surface area (Å²) in [7, 11) is 0. The van der Waals surface area contributed by atoms with Gasteiger partial charge in [0.15, 0.2) is 5.78 Å². The van der Waals surface area contributed by atoms with Crippen molar-refractivity contribution in [1.29, 1.82) is 0 Å². The van der Waals surface area contributed by atoms with Gasteiger partial charge >= 0.3 is 0 Å². The highest BCUT2D eigenvalue weighted by atomic mass is 32.2. The first-order valence-corrected chi connectivity index (χ1v) is 9.80. The predicted molar refractivity (Wildman–Crippen MR) is 93.9 cm³/mol. The number of carbonyl (C=O) groups excluding carboxylic acids is 1. The number of hydrogen-bond acceptors (Lipinski definition) is 6. The molecule has 3 nitrogen and oxygen atoms in total. The molecular weight excluding hydrogens is 308 g/mol. The number of hydrogen-bond donors (Lipinski definition) is 1. The van der Waals surface area contributed by atoms with Crippen LogP contribution >= 0.6 is 34.9 Å². The Bertz CT molecular complexity index is 511. The summed E-state index contributed by atoms with van der Waals surface area (Å²) in [5, 5.41) is 1.18. The summed E-state index contributed by atoms with van der Waals surface area (Å²) in [6, 6.07) is 0. The van der Waals surface area contributed by atoms with Gasteiger partial charge in [0, 0.05) is 30.0 Å². The van der Waals surface area contributed by atoms with Gasteiger partial charge in [-0.3, -0.25) is 4.79 Å². The molecule has 0 atom stereocenters. The maximum absolute atomic E-state index is 12.0. The van der Waals surface area contributed by atoms with Crippen molar-refractivity contribution in [2.75, 3.05) is 35.7 Å². The first-order valence-electron chi connectivity index (χ1n) is 6.78. The molecule has 1 aliphatic rings. The van der Waals surface area contributed by atoms with E-state index in [0.29, 0.717) is 12.1 Å². The van der Waals surface area contributed by atoms with E-state index in [1.54, 1.807) is 23.1 Å². The molecule has 2 N–H and O–H groups in total. The Balaban J connectivity index is 2.38. The van der Waals surface area contributed by atoms with Crippen LogP contribution in [-0.4, -0.2) is 35.6 Å². The smallest absolute Gasteiger partial charge is 0.174 e. The highest BCUT2D eigenvalue weighted by Gasteiger charge is 2.31. The Kier molecular flexibility index (Phi) is 4.97. The molecule has 0 bridgehead atoms. The quantitative estimate of drug-likeness (QED) is 0.668. The molecule has 20 heavy (non-hydrogen) atoms. The standard InChI is InChI=1S/C14H22N2OS3/c1-5-9(17)11-10(15)12(18-4)13(20-11)16-6-7-19-14(2,3)8-16/h5-8,15H2,1-4H3. The van der Waals surface area contributed by atoms with Crippen molar-refractivity contribution in [2.45, 2.75) is 36.8 Å². The summed E-state index contributed by atoms with van der Waals surface area (Å²) in [6.07, 6.45) is 2.55. The Morgan fingerprint density at radius 2 is 2.20 bits per heavy atom.